The molecule has 1 N–H and O–H groups in total. The van der Waals surface area contributed by atoms with Crippen molar-refractivity contribution >= 4 is 11.5 Å². The van der Waals surface area contributed by atoms with E-state index in [4.69, 9.17) is 5.41 Å². The number of ketones is 1. The van der Waals surface area contributed by atoms with Crippen molar-refractivity contribution in [3.63, 3.8) is 0 Å². The zero-order valence-corrected chi connectivity index (χ0v) is 12.5. The number of benzene rings is 1. The molecule has 21 heavy (non-hydrogen) atoms. The molecule has 0 spiro atoms. The first-order valence-electron chi connectivity index (χ1n) is 7.24. The van der Waals surface area contributed by atoms with Crippen LogP contribution in [0.1, 0.15) is 32.8 Å². The van der Waals surface area contributed by atoms with Gasteiger partial charge in [0, 0.05) is 11.3 Å². The van der Waals surface area contributed by atoms with Crippen molar-refractivity contribution in [1.29, 1.82) is 5.41 Å². The van der Waals surface area contributed by atoms with Crippen molar-refractivity contribution in [3.05, 3.63) is 35.4 Å². The van der Waals surface area contributed by atoms with Crippen LogP contribution in [0, 0.1) is 39.7 Å². The zero-order chi connectivity index (χ0) is 15.6. The molecule has 1 aromatic carbocycles. The average molecular weight is 291 g/mol. The fourth-order valence-electron chi connectivity index (χ4n) is 4.45. The molecule has 3 rings (SSSR count). The smallest absolute Gasteiger partial charge is 0.142 e. The standard InChI is InChI=1S/C17H19F2NO/c1-9(21)17(8-10-12(18)5-4-6-13(10)19)14(20)7-11-15(17)16(11,2)3/h4-6,11,15,20H,7-8H2,1-3H3/t11-,15-,17+/m1/s1. The lowest BCUT2D eigenvalue weighted by molar-refractivity contribution is -0.124. The second-order valence-electron chi connectivity index (χ2n) is 6.99. The molecular weight excluding hydrogens is 272 g/mol. The zero-order valence-electron chi connectivity index (χ0n) is 12.5. The summed E-state index contributed by atoms with van der Waals surface area (Å²) >= 11 is 0. The third-order valence-electron chi connectivity index (χ3n) is 5.69. The Bertz CT molecular complexity index is 632. The van der Waals surface area contributed by atoms with Crippen LogP contribution in [0.2, 0.25) is 0 Å². The van der Waals surface area contributed by atoms with Gasteiger partial charge < -0.3 is 5.41 Å². The van der Waals surface area contributed by atoms with E-state index >= 15 is 0 Å². The Kier molecular flexibility index (Phi) is 2.88. The molecule has 112 valence electrons. The summed E-state index contributed by atoms with van der Waals surface area (Å²) in [6, 6.07) is 3.74. The number of halogens is 2. The van der Waals surface area contributed by atoms with Crippen molar-refractivity contribution in [3.8, 4) is 0 Å². The lowest BCUT2D eigenvalue weighted by Crippen LogP contribution is -2.41. The second kappa shape index (κ2) is 4.21. The van der Waals surface area contributed by atoms with Gasteiger partial charge >= 0.3 is 0 Å². The predicted molar refractivity (Wildman–Crippen MR) is 76.3 cm³/mol. The molecule has 0 heterocycles. The lowest BCUT2D eigenvalue weighted by Gasteiger charge is -2.32. The first-order valence-corrected chi connectivity index (χ1v) is 7.24. The van der Waals surface area contributed by atoms with Crippen LogP contribution in [0.15, 0.2) is 18.2 Å². The van der Waals surface area contributed by atoms with Gasteiger partial charge in [-0.25, -0.2) is 8.78 Å². The number of nitrogens with one attached hydrogen (secondary N) is 1. The molecule has 2 aliphatic carbocycles. The molecular formula is C17H19F2NO. The summed E-state index contributed by atoms with van der Waals surface area (Å²) in [5, 5.41) is 8.25. The van der Waals surface area contributed by atoms with Crippen LogP contribution < -0.4 is 0 Å². The van der Waals surface area contributed by atoms with Crippen LogP contribution in [0.5, 0.6) is 0 Å². The Morgan fingerprint density at radius 3 is 2.38 bits per heavy atom. The lowest BCUT2D eigenvalue weighted by atomic mass is 9.69. The maximum absolute atomic E-state index is 14.0. The summed E-state index contributed by atoms with van der Waals surface area (Å²) in [6.45, 7) is 5.60. The topological polar surface area (TPSA) is 40.9 Å². The van der Waals surface area contributed by atoms with Gasteiger partial charge in [-0.3, -0.25) is 4.79 Å². The van der Waals surface area contributed by atoms with E-state index in [0.717, 1.165) is 0 Å². The van der Waals surface area contributed by atoms with Gasteiger partial charge in [0.25, 0.3) is 0 Å². The summed E-state index contributed by atoms with van der Waals surface area (Å²) in [5.74, 6) is -1.11. The number of Topliss-reactive ketones (excluding diaryl/α,β-unsaturated/α-hetero) is 1. The first kappa shape index (κ1) is 14.4. The van der Waals surface area contributed by atoms with Crippen LogP contribution in [0.4, 0.5) is 8.78 Å². The van der Waals surface area contributed by atoms with E-state index in [2.05, 4.69) is 13.8 Å². The monoisotopic (exact) mass is 291 g/mol. The second-order valence-corrected chi connectivity index (χ2v) is 6.99. The molecule has 2 saturated carbocycles. The summed E-state index contributed by atoms with van der Waals surface area (Å²) in [6.07, 6.45) is 0.525. The maximum atomic E-state index is 14.0. The molecule has 2 fully saturated rings. The summed E-state index contributed by atoms with van der Waals surface area (Å²) in [4.78, 5) is 12.3. The number of hydrogen-bond acceptors (Lipinski definition) is 2. The average Bonchev–Trinajstić information content (AvgIpc) is 2.77. The fourth-order valence-corrected chi connectivity index (χ4v) is 4.45. The van der Waals surface area contributed by atoms with E-state index in [9.17, 15) is 13.6 Å². The summed E-state index contributed by atoms with van der Waals surface area (Å²) in [7, 11) is 0. The van der Waals surface area contributed by atoms with Gasteiger partial charge in [0.2, 0.25) is 0 Å². The van der Waals surface area contributed by atoms with Crippen molar-refractivity contribution in [2.24, 2.45) is 22.7 Å². The van der Waals surface area contributed by atoms with Crippen LogP contribution in [0.25, 0.3) is 0 Å². The van der Waals surface area contributed by atoms with Crippen LogP contribution in [-0.4, -0.2) is 11.5 Å². The molecule has 1 aromatic rings. The molecule has 0 radical (unpaired) electrons. The Labute approximate surface area is 123 Å². The molecule has 0 aromatic heterocycles. The van der Waals surface area contributed by atoms with E-state index in [1.807, 2.05) is 0 Å². The third-order valence-corrected chi connectivity index (χ3v) is 5.69. The van der Waals surface area contributed by atoms with Gasteiger partial charge in [0.05, 0.1) is 5.41 Å². The van der Waals surface area contributed by atoms with Crippen molar-refractivity contribution in [2.45, 2.75) is 33.6 Å². The molecule has 4 heteroatoms. The van der Waals surface area contributed by atoms with Gasteiger partial charge in [-0.15, -0.1) is 0 Å². The fraction of sp³-hybridized carbons (Fsp3) is 0.529. The third kappa shape index (κ3) is 1.74. The minimum Gasteiger partial charge on any atom is -0.309 e. The Hall–Kier alpha value is -1.58. The van der Waals surface area contributed by atoms with E-state index in [1.165, 1.54) is 25.1 Å². The van der Waals surface area contributed by atoms with Crippen molar-refractivity contribution < 1.29 is 13.6 Å². The number of carbonyl (C=O) groups is 1. The highest BCUT2D eigenvalue weighted by Crippen LogP contribution is 2.73. The number of fused-ring (bicyclic) bond motifs is 1. The Morgan fingerprint density at radius 2 is 1.90 bits per heavy atom. The minimum atomic E-state index is -1.03. The number of hydrogen-bond donors (Lipinski definition) is 1. The van der Waals surface area contributed by atoms with E-state index in [1.54, 1.807) is 0 Å². The highest BCUT2D eigenvalue weighted by molar-refractivity contribution is 6.11. The van der Waals surface area contributed by atoms with Gasteiger partial charge in [-0.1, -0.05) is 19.9 Å². The molecule has 2 nitrogen and oxygen atoms in total. The SMILES string of the molecule is CC(=O)[C@@]1(Cc2c(F)cccc2F)C(=N)C[C@@H]2[C@@H]1C2(C)C. The normalized spacial score (nSPS) is 32.9. The number of rotatable bonds is 3. The van der Waals surface area contributed by atoms with E-state index < -0.39 is 17.0 Å². The molecule has 0 unspecified atom stereocenters. The molecule has 0 amide bonds. The van der Waals surface area contributed by atoms with Crippen molar-refractivity contribution in [1.82, 2.24) is 0 Å². The summed E-state index contributed by atoms with van der Waals surface area (Å²) < 4.78 is 28.0. The highest BCUT2D eigenvalue weighted by atomic mass is 19.1. The highest BCUT2D eigenvalue weighted by Gasteiger charge is 2.73. The van der Waals surface area contributed by atoms with E-state index in [0.29, 0.717) is 12.1 Å². The maximum Gasteiger partial charge on any atom is 0.142 e. The van der Waals surface area contributed by atoms with Gasteiger partial charge in [0.1, 0.15) is 17.4 Å². The molecule has 0 bridgehead atoms. The van der Waals surface area contributed by atoms with Crippen LogP contribution in [-0.2, 0) is 11.2 Å². The predicted octanol–water partition coefficient (Wildman–Crippen LogP) is 3.78. The first-order chi connectivity index (χ1) is 9.72. The molecule has 0 saturated heterocycles. The van der Waals surface area contributed by atoms with Gasteiger partial charge in [0.15, 0.2) is 0 Å². The summed E-state index contributed by atoms with van der Waals surface area (Å²) in [5.41, 5.74) is -0.789. The quantitative estimate of drug-likeness (QED) is 0.904. The number of carbonyl (C=O) groups excluding carboxylic acids is 1. The van der Waals surface area contributed by atoms with E-state index in [-0.39, 0.29) is 35.0 Å². The van der Waals surface area contributed by atoms with Crippen molar-refractivity contribution in [2.75, 3.05) is 0 Å². The van der Waals surface area contributed by atoms with Gasteiger partial charge in [-0.2, -0.15) is 0 Å². The minimum absolute atomic E-state index is 0.0222. The largest absolute Gasteiger partial charge is 0.309 e. The Balaban J connectivity index is 2.08. The van der Waals surface area contributed by atoms with Crippen LogP contribution >= 0.6 is 0 Å². The van der Waals surface area contributed by atoms with Crippen LogP contribution in [0.3, 0.4) is 0 Å². The van der Waals surface area contributed by atoms with Gasteiger partial charge in [-0.05, 0) is 49.1 Å². The molecule has 0 aliphatic heterocycles. The Morgan fingerprint density at radius 1 is 1.33 bits per heavy atom. The molecule has 3 atom stereocenters. The molecule has 2 aliphatic rings.